The Morgan fingerprint density at radius 3 is 2.58 bits per heavy atom. The number of benzene rings is 1. The van der Waals surface area contributed by atoms with Crippen molar-refractivity contribution >= 4 is 28.9 Å². The molecule has 0 saturated heterocycles. The number of hydrogen-bond acceptors (Lipinski definition) is 3. The van der Waals surface area contributed by atoms with Gasteiger partial charge in [0, 0.05) is 17.7 Å². The second-order valence-electron chi connectivity index (χ2n) is 5.34. The van der Waals surface area contributed by atoms with Gasteiger partial charge in [0.2, 0.25) is 5.91 Å². The summed E-state index contributed by atoms with van der Waals surface area (Å²) < 4.78 is 0. The zero-order chi connectivity index (χ0) is 13.6. The van der Waals surface area contributed by atoms with Crippen LogP contribution in [0.5, 0.6) is 0 Å². The molecule has 2 fully saturated rings. The maximum atomic E-state index is 12.0. The number of carbonyl (C=O) groups excluding carboxylic acids is 1. The number of nitrogens with one attached hydrogen (secondary N) is 1. The first-order valence-electron chi connectivity index (χ1n) is 6.29. The summed E-state index contributed by atoms with van der Waals surface area (Å²) in [6.45, 7) is 0. The van der Waals surface area contributed by atoms with Crippen LogP contribution in [0.3, 0.4) is 0 Å². The van der Waals surface area contributed by atoms with E-state index in [1.807, 2.05) is 0 Å². The quantitative estimate of drug-likeness (QED) is 0.682. The van der Waals surface area contributed by atoms with Crippen LogP contribution in [0.4, 0.5) is 11.4 Å². The first-order valence-corrected chi connectivity index (χ1v) is 6.67. The fourth-order valence-corrected chi connectivity index (χ4v) is 3.16. The number of fused-ring (bicyclic) bond motifs is 1. The standard InChI is InChI=1S/C13H13ClN2O3/c14-11-6-10(1-2-12(11)16(18)19)15-13(17)9-4-7-3-8(7)5-9/h1-2,6-9H,3-5H2,(H,15,17). The lowest BCUT2D eigenvalue weighted by molar-refractivity contribution is -0.384. The largest absolute Gasteiger partial charge is 0.326 e. The fourth-order valence-electron chi connectivity index (χ4n) is 2.91. The van der Waals surface area contributed by atoms with Gasteiger partial charge in [0.05, 0.1) is 4.92 Å². The summed E-state index contributed by atoms with van der Waals surface area (Å²) in [6, 6.07) is 4.24. The molecule has 2 aliphatic carbocycles. The summed E-state index contributed by atoms with van der Waals surface area (Å²) in [5, 5.41) is 13.5. The third kappa shape index (κ3) is 2.42. The first-order chi connectivity index (χ1) is 9.04. The third-order valence-electron chi connectivity index (χ3n) is 4.03. The Balaban J connectivity index is 1.67. The molecule has 5 nitrogen and oxygen atoms in total. The normalized spacial score (nSPS) is 27.7. The van der Waals surface area contributed by atoms with E-state index in [9.17, 15) is 14.9 Å². The van der Waals surface area contributed by atoms with E-state index >= 15 is 0 Å². The van der Waals surface area contributed by atoms with Crippen LogP contribution in [0.1, 0.15) is 19.3 Å². The van der Waals surface area contributed by atoms with Crippen LogP contribution < -0.4 is 5.32 Å². The van der Waals surface area contributed by atoms with Crippen LogP contribution in [0.25, 0.3) is 0 Å². The zero-order valence-electron chi connectivity index (χ0n) is 10.1. The van der Waals surface area contributed by atoms with E-state index in [2.05, 4.69) is 5.32 Å². The lowest BCUT2D eigenvalue weighted by atomic mass is 10.0. The van der Waals surface area contributed by atoms with Gasteiger partial charge in [0.1, 0.15) is 5.02 Å². The van der Waals surface area contributed by atoms with E-state index in [0.29, 0.717) is 5.69 Å². The van der Waals surface area contributed by atoms with Gasteiger partial charge in [-0.05, 0) is 43.2 Å². The number of nitro benzene ring substituents is 1. The van der Waals surface area contributed by atoms with Crippen molar-refractivity contribution in [3.8, 4) is 0 Å². The van der Waals surface area contributed by atoms with Crippen molar-refractivity contribution in [2.24, 2.45) is 17.8 Å². The van der Waals surface area contributed by atoms with Crippen molar-refractivity contribution < 1.29 is 9.72 Å². The van der Waals surface area contributed by atoms with E-state index in [-0.39, 0.29) is 22.5 Å². The molecule has 1 amide bonds. The van der Waals surface area contributed by atoms with Crippen molar-refractivity contribution in [1.82, 2.24) is 0 Å². The fraction of sp³-hybridized carbons (Fsp3) is 0.462. The van der Waals surface area contributed by atoms with Crippen molar-refractivity contribution in [3.05, 3.63) is 33.3 Å². The minimum Gasteiger partial charge on any atom is -0.326 e. The van der Waals surface area contributed by atoms with E-state index in [4.69, 9.17) is 11.6 Å². The molecule has 1 aromatic rings. The predicted molar refractivity (Wildman–Crippen MR) is 71.1 cm³/mol. The average molecular weight is 281 g/mol. The van der Waals surface area contributed by atoms with Crippen LogP contribution in [0.15, 0.2) is 18.2 Å². The van der Waals surface area contributed by atoms with Crippen LogP contribution in [-0.2, 0) is 4.79 Å². The van der Waals surface area contributed by atoms with E-state index < -0.39 is 4.92 Å². The summed E-state index contributed by atoms with van der Waals surface area (Å²) in [4.78, 5) is 22.1. The highest BCUT2D eigenvalue weighted by molar-refractivity contribution is 6.33. The Kier molecular flexibility index (Phi) is 2.93. The van der Waals surface area contributed by atoms with Gasteiger partial charge in [-0.15, -0.1) is 0 Å². The molecule has 2 aliphatic rings. The van der Waals surface area contributed by atoms with Gasteiger partial charge < -0.3 is 5.32 Å². The average Bonchev–Trinajstić information content (AvgIpc) is 2.95. The predicted octanol–water partition coefficient (Wildman–Crippen LogP) is 3.23. The number of anilines is 1. The molecule has 0 radical (unpaired) electrons. The molecule has 1 aromatic carbocycles. The molecule has 100 valence electrons. The molecule has 0 heterocycles. The zero-order valence-corrected chi connectivity index (χ0v) is 10.9. The Labute approximate surface area is 115 Å². The molecule has 0 aromatic heterocycles. The summed E-state index contributed by atoms with van der Waals surface area (Å²) in [5.41, 5.74) is 0.364. The summed E-state index contributed by atoms with van der Waals surface area (Å²) in [5.74, 6) is 1.57. The molecular formula is C13H13ClN2O3. The Bertz CT molecular complexity index is 551. The highest BCUT2D eigenvalue weighted by atomic mass is 35.5. The third-order valence-corrected chi connectivity index (χ3v) is 4.33. The number of amides is 1. The molecule has 1 N–H and O–H groups in total. The highest BCUT2D eigenvalue weighted by Gasteiger charge is 2.47. The van der Waals surface area contributed by atoms with Gasteiger partial charge in [0.15, 0.2) is 0 Å². The molecule has 0 spiro atoms. The molecule has 2 atom stereocenters. The molecule has 0 aliphatic heterocycles. The number of nitro groups is 1. The Hall–Kier alpha value is -1.62. The molecule has 2 saturated carbocycles. The second-order valence-corrected chi connectivity index (χ2v) is 5.74. The maximum absolute atomic E-state index is 12.0. The number of rotatable bonds is 3. The molecule has 2 unspecified atom stereocenters. The van der Waals surface area contributed by atoms with Crippen LogP contribution >= 0.6 is 11.6 Å². The SMILES string of the molecule is O=C(Nc1ccc([N+](=O)[O-])c(Cl)c1)C1CC2CC2C1. The monoisotopic (exact) mass is 280 g/mol. The van der Waals surface area contributed by atoms with Gasteiger partial charge >= 0.3 is 0 Å². The number of carbonyl (C=O) groups is 1. The smallest absolute Gasteiger partial charge is 0.288 e. The van der Waals surface area contributed by atoms with Crippen molar-refractivity contribution in [3.63, 3.8) is 0 Å². The number of halogens is 1. The maximum Gasteiger partial charge on any atom is 0.288 e. The van der Waals surface area contributed by atoms with Gasteiger partial charge in [-0.3, -0.25) is 14.9 Å². The van der Waals surface area contributed by atoms with E-state index in [1.54, 1.807) is 0 Å². The summed E-state index contributed by atoms with van der Waals surface area (Å²) in [7, 11) is 0. The summed E-state index contributed by atoms with van der Waals surface area (Å²) >= 11 is 5.80. The molecule has 0 bridgehead atoms. The molecular weight excluding hydrogens is 268 g/mol. The van der Waals surface area contributed by atoms with Gasteiger partial charge in [-0.1, -0.05) is 11.6 Å². The minimum atomic E-state index is -0.543. The number of hydrogen-bond donors (Lipinski definition) is 1. The number of nitrogens with zero attached hydrogens (tertiary/aromatic N) is 1. The lowest BCUT2D eigenvalue weighted by Crippen LogP contribution is -2.21. The summed E-state index contributed by atoms with van der Waals surface area (Å²) in [6.07, 6.45) is 3.21. The second kappa shape index (κ2) is 4.49. The highest BCUT2D eigenvalue weighted by Crippen LogP contribution is 2.54. The van der Waals surface area contributed by atoms with Crippen molar-refractivity contribution in [2.75, 3.05) is 5.32 Å². The van der Waals surface area contributed by atoms with Crippen LogP contribution in [0.2, 0.25) is 5.02 Å². The van der Waals surface area contributed by atoms with Crippen LogP contribution in [-0.4, -0.2) is 10.8 Å². The van der Waals surface area contributed by atoms with Crippen molar-refractivity contribution in [2.45, 2.75) is 19.3 Å². The van der Waals surface area contributed by atoms with Crippen molar-refractivity contribution in [1.29, 1.82) is 0 Å². The Morgan fingerprint density at radius 1 is 1.32 bits per heavy atom. The van der Waals surface area contributed by atoms with Gasteiger partial charge in [-0.25, -0.2) is 0 Å². The first kappa shape index (κ1) is 12.4. The van der Waals surface area contributed by atoms with Crippen LogP contribution in [0, 0.1) is 27.9 Å². The Morgan fingerprint density at radius 2 is 2.00 bits per heavy atom. The van der Waals surface area contributed by atoms with Gasteiger partial charge in [0.25, 0.3) is 5.69 Å². The topological polar surface area (TPSA) is 72.2 Å². The lowest BCUT2D eigenvalue weighted by Gasteiger charge is -2.12. The molecule has 19 heavy (non-hydrogen) atoms. The van der Waals surface area contributed by atoms with Gasteiger partial charge in [-0.2, -0.15) is 0 Å². The molecule has 6 heteroatoms. The van der Waals surface area contributed by atoms with E-state index in [0.717, 1.165) is 24.7 Å². The minimum absolute atomic E-state index is 0.00267. The van der Waals surface area contributed by atoms with E-state index in [1.165, 1.54) is 24.6 Å². The molecule has 3 rings (SSSR count).